The van der Waals surface area contributed by atoms with Gasteiger partial charge in [0.15, 0.2) is 0 Å². The summed E-state index contributed by atoms with van der Waals surface area (Å²) >= 11 is 0. The molecule has 6 heteroatoms. The molecule has 1 aromatic rings. The molecule has 1 aromatic carbocycles. The highest BCUT2D eigenvalue weighted by Crippen LogP contribution is 2.27. The first-order valence-electron chi connectivity index (χ1n) is 6.45. The van der Waals surface area contributed by atoms with E-state index in [0.717, 1.165) is 24.2 Å². The van der Waals surface area contributed by atoms with Crippen LogP contribution in [0.2, 0.25) is 0 Å². The number of fused-ring (bicyclic) bond motifs is 1. The van der Waals surface area contributed by atoms with Gasteiger partial charge >= 0.3 is 0 Å². The van der Waals surface area contributed by atoms with Crippen molar-refractivity contribution in [2.24, 2.45) is 0 Å². The molecule has 0 fully saturated rings. The summed E-state index contributed by atoms with van der Waals surface area (Å²) in [6.45, 7) is 2.99. The van der Waals surface area contributed by atoms with Gasteiger partial charge < -0.3 is 10.1 Å². The summed E-state index contributed by atoms with van der Waals surface area (Å²) in [4.78, 5) is 0.306. The molecule has 1 atom stereocenters. The SMILES string of the molecule is CNC(C)CNS(=O)(=O)c1ccc2c(c1)CCCO2. The van der Waals surface area contributed by atoms with Crippen LogP contribution in [0.25, 0.3) is 0 Å². The average molecular weight is 284 g/mol. The molecular weight excluding hydrogens is 264 g/mol. The van der Waals surface area contributed by atoms with Gasteiger partial charge in [-0.3, -0.25) is 0 Å². The zero-order valence-corrected chi connectivity index (χ0v) is 12.1. The van der Waals surface area contributed by atoms with Crippen molar-refractivity contribution in [3.63, 3.8) is 0 Å². The highest BCUT2D eigenvalue weighted by Gasteiger charge is 2.18. The van der Waals surface area contributed by atoms with Gasteiger partial charge in [0.05, 0.1) is 11.5 Å². The molecule has 0 saturated carbocycles. The summed E-state index contributed by atoms with van der Waals surface area (Å²) < 4.78 is 32.4. The molecule has 0 aliphatic carbocycles. The molecule has 106 valence electrons. The van der Waals surface area contributed by atoms with Crippen molar-refractivity contribution in [3.8, 4) is 5.75 Å². The highest BCUT2D eigenvalue weighted by atomic mass is 32.2. The van der Waals surface area contributed by atoms with Gasteiger partial charge in [0.2, 0.25) is 10.0 Å². The molecule has 1 unspecified atom stereocenters. The van der Waals surface area contributed by atoms with Gasteiger partial charge in [-0.1, -0.05) is 0 Å². The summed E-state index contributed by atoms with van der Waals surface area (Å²) in [6, 6.07) is 5.14. The van der Waals surface area contributed by atoms with Crippen LogP contribution in [0.15, 0.2) is 23.1 Å². The number of hydrogen-bond acceptors (Lipinski definition) is 4. The fraction of sp³-hybridized carbons (Fsp3) is 0.538. The molecule has 2 N–H and O–H groups in total. The molecule has 0 amide bonds. The van der Waals surface area contributed by atoms with Crippen molar-refractivity contribution in [2.45, 2.75) is 30.7 Å². The molecule has 1 heterocycles. The van der Waals surface area contributed by atoms with Gasteiger partial charge in [-0.15, -0.1) is 0 Å². The Morgan fingerprint density at radius 3 is 2.95 bits per heavy atom. The Balaban J connectivity index is 2.16. The topological polar surface area (TPSA) is 67.4 Å². The summed E-state index contributed by atoms with van der Waals surface area (Å²) in [5.41, 5.74) is 0.968. The molecule has 0 spiro atoms. The van der Waals surface area contributed by atoms with E-state index in [1.54, 1.807) is 25.2 Å². The fourth-order valence-corrected chi connectivity index (χ4v) is 3.10. The third-order valence-corrected chi connectivity index (χ3v) is 4.68. The van der Waals surface area contributed by atoms with E-state index < -0.39 is 10.0 Å². The van der Waals surface area contributed by atoms with Crippen molar-refractivity contribution in [3.05, 3.63) is 23.8 Å². The van der Waals surface area contributed by atoms with E-state index in [9.17, 15) is 8.42 Å². The Kier molecular flexibility index (Phi) is 4.44. The first kappa shape index (κ1) is 14.3. The largest absolute Gasteiger partial charge is 0.493 e. The fourth-order valence-electron chi connectivity index (χ4n) is 1.92. The smallest absolute Gasteiger partial charge is 0.240 e. The van der Waals surface area contributed by atoms with Crippen LogP contribution in [0.4, 0.5) is 0 Å². The molecule has 0 bridgehead atoms. The Labute approximate surface area is 114 Å². The molecule has 1 aliphatic heterocycles. The summed E-state index contributed by atoms with van der Waals surface area (Å²) in [5.74, 6) is 0.800. The molecule has 0 saturated heterocycles. The number of ether oxygens (including phenoxy) is 1. The third kappa shape index (κ3) is 3.46. The lowest BCUT2D eigenvalue weighted by Gasteiger charge is -2.18. The van der Waals surface area contributed by atoms with Crippen molar-refractivity contribution < 1.29 is 13.2 Å². The second kappa shape index (κ2) is 5.90. The van der Waals surface area contributed by atoms with Crippen LogP contribution < -0.4 is 14.8 Å². The number of benzene rings is 1. The molecule has 0 aromatic heterocycles. The number of aryl methyl sites for hydroxylation is 1. The molecular formula is C13H20N2O3S. The number of likely N-dealkylation sites (N-methyl/N-ethyl adjacent to an activating group) is 1. The quantitative estimate of drug-likeness (QED) is 0.843. The molecule has 2 rings (SSSR count). The van der Waals surface area contributed by atoms with Crippen molar-refractivity contribution in [1.82, 2.24) is 10.0 Å². The molecule has 0 radical (unpaired) electrons. The summed E-state index contributed by atoms with van der Waals surface area (Å²) in [7, 11) is -1.64. The maximum Gasteiger partial charge on any atom is 0.240 e. The lowest BCUT2D eigenvalue weighted by Crippen LogP contribution is -2.37. The van der Waals surface area contributed by atoms with Gasteiger partial charge in [0.1, 0.15) is 5.75 Å². The zero-order chi connectivity index (χ0) is 13.9. The standard InChI is InChI=1S/C13H20N2O3S/c1-10(14-2)9-15-19(16,17)12-5-6-13-11(8-12)4-3-7-18-13/h5-6,8,10,14-15H,3-4,7,9H2,1-2H3. The van der Waals surface area contributed by atoms with Crippen LogP contribution in [-0.2, 0) is 16.4 Å². The number of rotatable bonds is 5. The van der Waals surface area contributed by atoms with Crippen molar-refractivity contribution in [1.29, 1.82) is 0 Å². The summed E-state index contributed by atoms with van der Waals surface area (Å²) in [6.07, 6.45) is 1.80. The van der Waals surface area contributed by atoms with Crippen LogP contribution in [0.1, 0.15) is 18.9 Å². The van der Waals surface area contributed by atoms with Crippen LogP contribution in [0.5, 0.6) is 5.75 Å². The van der Waals surface area contributed by atoms with Crippen LogP contribution in [-0.4, -0.2) is 34.7 Å². The first-order valence-corrected chi connectivity index (χ1v) is 7.94. The Morgan fingerprint density at radius 2 is 2.21 bits per heavy atom. The lowest BCUT2D eigenvalue weighted by atomic mass is 10.1. The molecule has 19 heavy (non-hydrogen) atoms. The Bertz CT molecular complexity index is 543. The van der Waals surface area contributed by atoms with Crippen LogP contribution in [0, 0.1) is 0 Å². The van der Waals surface area contributed by atoms with Crippen LogP contribution in [0.3, 0.4) is 0 Å². The van der Waals surface area contributed by atoms with Crippen molar-refractivity contribution >= 4 is 10.0 Å². The summed E-state index contributed by atoms with van der Waals surface area (Å²) in [5, 5.41) is 2.99. The molecule has 1 aliphatic rings. The van der Waals surface area contributed by atoms with Gasteiger partial charge in [0, 0.05) is 12.6 Å². The maximum atomic E-state index is 12.2. The minimum atomic E-state index is -3.44. The minimum Gasteiger partial charge on any atom is -0.493 e. The predicted molar refractivity (Wildman–Crippen MR) is 74.0 cm³/mol. The van der Waals surface area contributed by atoms with E-state index in [-0.39, 0.29) is 6.04 Å². The van der Waals surface area contributed by atoms with E-state index in [4.69, 9.17) is 4.74 Å². The normalized spacial score (nSPS) is 16.5. The van der Waals surface area contributed by atoms with Gasteiger partial charge in [0.25, 0.3) is 0 Å². The van der Waals surface area contributed by atoms with Crippen LogP contribution >= 0.6 is 0 Å². The van der Waals surface area contributed by atoms with Gasteiger partial charge in [-0.05, 0) is 50.6 Å². The van der Waals surface area contributed by atoms with Gasteiger partial charge in [-0.2, -0.15) is 0 Å². The molecule has 5 nitrogen and oxygen atoms in total. The average Bonchev–Trinajstić information content (AvgIpc) is 2.44. The van der Waals surface area contributed by atoms with E-state index >= 15 is 0 Å². The monoisotopic (exact) mass is 284 g/mol. The van der Waals surface area contributed by atoms with E-state index in [1.807, 2.05) is 6.92 Å². The number of sulfonamides is 1. The third-order valence-electron chi connectivity index (χ3n) is 3.26. The zero-order valence-electron chi connectivity index (χ0n) is 11.3. The van der Waals surface area contributed by atoms with E-state index in [2.05, 4.69) is 10.0 Å². The van der Waals surface area contributed by atoms with E-state index in [1.165, 1.54) is 0 Å². The predicted octanol–water partition coefficient (Wildman–Crippen LogP) is 0.898. The maximum absolute atomic E-state index is 12.2. The number of hydrogen-bond donors (Lipinski definition) is 2. The second-order valence-corrected chi connectivity index (χ2v) is 6.53. The van der Waals surface area contributed by atoms with E-state index in [0.29, 0.717) is 18.0 Å². The Morgan fingerprint density at radius 1 is 1.42 bits per heavy atom. The Hall–Kier alpha value is -1.11. The van der Waals surface area contributed by atoms with Gasteiger partial charge in [-0.25, -0.2) is 13.1 Å². The second-order valence-electron chi connectivity index (χ2n) is 4.76. The lowest BCUT2D eigenvalue weighted by molar-refractivity contribution is 0.288. The first-order chi connectivity index (χ1) is 9.03. The highest BCUT2D eigenvalue weighted by molar-refractivity contribution is 7.89. The number of nitrogens with one attached hydrogen (secondary N) is 2. The minimum absolute atomic E-state index is 0.0933. The van der Waals surface area contributed by atoms with Crippen molar-refractivity contribution in [2.75, 3.05) is 20.2 Å².